The molecule has 0 aromatic rings. The van der Waals surface area contributed by atoms with Gasteiger partial charge < -0.3 is 24.2 Å². The maximum atomic E-state index is 12.9. The van der Waals surface area contributed by atoms with Crippen LogP contribution >= 0.6 is 7.82 Å². The summed E-state index contributed by atoms with van der Waals surface area (Å²) in [6.07, 6.45) is 56.0. The van der Waals surface area contributed by atoms with Crippen molar-refractivity contribution in [1.29, 1.82) is 0 Å². The van der Waals surface area contributed by atoms with Gasteiger partial charge in [0.15, 0.2) is 6.10 Å². The zero-order chi connectivity index (χ0) is 51.3. The predicted octanol–water partition coefficient (Wildman–Crippen LogP) is 16.4. The molecule has 0 aliphatic rings. The number of ether oxygens (including phenoxy) is 3. The van der Waals surface area contributed by atoms with Crippen LogP contribution in [0.2, 0.25) is 0 Å². The second-order valence-electron chi connectivity index (χ2n) is 18.7. The first-order valence-electron chi connectivity index (χ1n) is 28.2. The van der Waals surface area contributed by atoms with Crippen LogP contribution in [0.4, 0.5) is 0 Å². The summed E-state index contributed by atoms with van der Waals surface area (Å²) < 4.78 is 39.5. The van der Waals surface area contributed by atoms with Crippen LogP contribution in [-0.4, -0.2) is 66.5 Å². The van der Waals surface area contributed by atoms with Crippen LogP contribution in [0.1, 0.15) is 252 Å². The van der Waals surface area contributed by atoms with Crippen LogP contribution in [-0.2, 0) is 42.2 Å². The average Bonchev–Trinajstić information content (AvgIpc) is 3.35. The highest BCUT2D eigenvalue weighted by Gasteiger charge is 2.28. The zero-order valence-electron chi connectivity index (χ0n) is 44.7. The van der Waals surface area contributed by atoms with Crippen molar-refractivity contribution >= 4 is 25.7 Å². The van der Waals surface area contributed by atoms with Crippen molar-refractivity contribution in [2.24, 2.45) is 0 Å². The van der Waals surface area contributed by atoms with Crippen LogP contribution in [0, 0.1) is 0 Å². The molecule has 0 fully saturated rings. The minimum atomic E-state index is -4.75. The summed E-state index contributed by atoms with van der Waals surface area (Å²) in [4.78, 5) is 48.5. The summed E-state index contributed by atoms with van der Waals surface area (Å²) in [5.41, 5.74) is 0. The monoisotopic (exact) mass is 1010 g/mol. The van der Waals surface area contributed by atoms with Crippen molar-refractivity contribution < 1.29 is 52.2 Å². The molecule has 0 amide bonds. The standard InChI is InChI=1S/C58H103O11P/c1-4-7-10-13-16-19-22-25-26-27-28-31-34-37-40-43-46-49-58(62)69-55(51-65-56(60)47-44-41-38-35-32-29-23-20-17-14-11-8-5-2)53-67-70(63,64)66-52-54(50-59)68-57(61)48-45-42-39-36-33-30-24-21-18-15-12-9-6-3/h7,10,12,15-16,19,21,24-26,54-55,59H,4-6,8-9,11,13-14,17-18,20,22-23,27-53H2,1-3H3,(H,63,64)/b10-7-,15-12-,19-16-,24-21-,26-25-. The Balaban J connectivity index is 4.74. The molecular weight excluding hydrogens is 904 g/mol. The highest BCUT2D eigenvalue weighted by Crippen LogP contribution is 2.43. The lowest BCUT2D eigenvalue weighted by molar-refractivity contribution is -0.161. The van der Waals surface area contributed by atoms with E-state index < -0.39 is 57.8 Å². The summed E-state index contributed by atoms with van der Waals surface area (Å²) in [6.45, 7) is 4.45. The minimum absolute atomic E-state index is 0.156. The van der Waals surface area contributed by atoms with Crippen LogP contribution < -0.4 is 0 Å². The number of carbonyl (C=O) groups is 3. The number of aliphatic hydroxyl groups excluding tert-OH is 1. The van der Waals surface area contributed by atoms with Crippen LogP contribution in [0.15, 0.2) is 60.8 Å². The molecule has 0 aliphatic heterocycles. The van der Waals surface area contributed by atoms with Gasteiger partial charge in [0.25, 0.3) is 0 Å². The lowest BCUT2D eigenvalue weighted by Gasteiger charge is -2.21. The third kappa shape index (κ3) is 50.1. The molecule has 0 aromatic carbocycles. The number of phosphoric acid groups is 1. The molecule has 0 rings (SSSR count). The molecule has 0 saturated heterocycles. The number of hydrogen-bond acceptors (Lipinski definition) is 10. The van der Waals surface area contributed by atoms with Gasteiger partial charge in [0.05, 0.1) is 19.8 Å². The Hall–Kier alpha value is -2.82. The van der Waals surface area contributed by atoms with Gasteiger partial charge in [-0.1, -0.05) is 216 Å². The van der Waals surface area contributed by atoms with E-state index in [1.54, 1.807) is 0 Å². The molecule has 0 bridgehead atoms. The van der Waals surface area contributed by atoms with Gasteiger partial charge in [0.1, 0.15) is 12.7 Å². The number of esters is 3. The van der Waals surface area contributed by atoms with E-state index in [-0.39, 0.29) is 25.9 Å². The fraction of sp³-hybridized carbons (Fsp3) is 0.776. The van der Waals surface area contributed by atoms with E-state index in [1.165, 1.54) is 70.6 Å². The second-order valence-corrected chi connectivity index (χ2v) is 20.2. The van der Waals surface area contributed by atoms with E-state index in [9.17, 15) is 28.9 Å². The Labute approximate surface area is 427 Å². The lowest BCUT2D eigenvalue weighted by atomic mass is 10.0. The quantitative estimate of drug-likeness (QED) is 0.0197. The SMILES string of the molecule is CC/C=C\C/C=C\C/C=C\CCCCCCCCCC(=O)OC(COC(=O)CCCCCCCCCCCCCCC)COP(=O)(O)OCC(CO)OC(=O)CCCCCCC/C=C\C/C=C\CCC. The van der Waals surface area contributed by atoms with Crippen molar-refractivity contribution in [3.05, 3.63) is 60.8 Å². The van der Waals surface area contributed by atoms with Crippen molar-refractivity contribution in [3.8, 4) is 0 Å². The van der Waals surface area contributed by atoms with E-state index in [0.717, 1.165) is 122 Å². The Morgan fingerprint density at radius 1 is 0.414 bits per heavy atom. The largest absolute Gasteiger partial charge is 0.472 e. The molecule has 2 N–H and O–H groups in total. The van der Waals surface area contributed by atoms with Crippen LogP contribution in [0.5, 0.6) is 0 Å². The van der Waals surface area contributed by atoms with Crippen molar-refractivity contribution in [3.63, 3.8) is 0 Å². The molecule has 11 nitrogen and oxygen atoms in total. The summed E-state index contributed by atoms with van der Waals surface area (Å²) in [6, 6.07) is 0. The first kappa shape index (κ1) is 67.2. The second kappa shape index (κ2) is 52.5. The highest BCUT2D eigenvalue weighted by molar-refractivity contribution is 7.47. The molecule has 0 aliphatic carbocycles. The fourth-order valence-electron chi connectivity index (χ4n) is 7.64. The minimum Gasteiger partial charge on any atom is -0.462 e. The zero-order valence-corrected chi connectivity index (χ0v) is 45.6. The van der Waals surface area contributed by atoms with Crippen molar-refractivity contribution in [1.82, 2.24) is 0 Å². The Bertz CT molecular complexity index is 1410. The number of hydrogen-bond donors (Lipinski definition) is 2. The van der Waals surface area contributed by atoms with E-state index in [1.807, 2.05) is 0 Å². The third-order valence-corrected chi connectivity index (χ3v) is 12.9. The molecule has 70 heavy (non-hydrogen) atoms. The third-order valence-electron chi connectivity index (χ3n) is 11.9. The Morgan fingerprint density at radius 3 is 1.20 bits per heavy atom. The molecule has 406 valence electrons. The van der Waals surface area contributed by atoms with Gasteiger partial charge in [0, 0.05) is 19.3 Å². The highest BCUT2D eigenvalue weighted by atomic mass is 31.2. The van der Waals surface area contributed by atoms with Crippen molar-refractivity contribution in [2.75, 3.05) is 26.4 Å². The summed E-state index contributed by atoms with van der Waals surface area (Å²) in [5, 5.41) is 9.79. The van der Waals surface area contributed by atoms with Gasteiger partial charge in [-0.25, -0.2) is 4.57 Å². The van der Waals surface area contributed by atoms with E-state index in [4.69, 9.17) is 23.3 Å². The number of unbranched alkanes of at least 4 members (excludes halogenated alkanes) is 25. The number of rotatable bonds is 52. The van der Waals surface area contributed by atoms with Crippen LogP contribution in [0.25, 0.3) is 0 Å². The van der Waals surface area contributed by atoms with E-state index in [0.29, 0.717) is 19.3 Å². The topological polar surface area (TPSA) is 155 Å². The molecule has 0 aromatic heterocycles. The number of aliphatic hydroxyl groups is 1. The number of phosphoric ester groups is 1. The van der Waals surface area contributed by atoms with Gasteiger partial charge in [0.2, 0.25) is 0 Å². The van der Waals surface area contributed by atoms with Gasteiger partial charge in [-0.3, -0.25) is 23.4 Å². The Kier molecular flexibility index (Phi) is 50.4. The molecule has 3 atom stereocenters. The normalized spacial score (nSPS) is 13.8. The van der Waals surface area contributed by atoms with Crippen LogP contribution in [0.3, 0.4) is 0 Å². The van der Waals surface area contributed by atoms with Crippen molar-refractivity contribution in [2.45, 2.75) is 264 Å². The molecule has 0 radical (unpaired) electrons. The van der Waals surface area contributed by atoms with Gasteiger partial charge in [-0.2, -0.15) is 0 Å². The maximum absolute atomic E-state index is 12.9. The Morgan fingerprint density at radius 2 is 0.771 bits per heavy atom. The van der Waals surface area contributed by atoms with Gasteiger partial charge in [-0.15, -0.1) is 0 Å². The van der Waals surface area contributed by atoms with E-state index in [2.05, 4.69) is 81.5 Å². The summed E-state index contributed by atoms with van der Waals surface area (Å²) in [7, 11) is -4.75. The smallest absolute Gasteiger partial charge is 0.462 e. The maximum Gasteiger partial charge on any atom is 0.472 e. The first-order valence-corrected chi connectivity index (χ1v) is 29.7. The molecule has 0 heterocycles. The number of carbonyl (C=O) groups excluding carboxylic acids is 3. The molecule has 0 spiro atoms. The first-order chi connectivity index (χ1) is 34.2. The number of allylic oxidation sites excluding steroid dienone is 10. The molecular formula is C58H103O11P. The van der Waals surface area contributed by atoms with E-state index >= 15 is 0 Å². The van der Waals surface area contributed by atoms with Gasteiger partial charge in [-0.05, 0) is 77.0 Å². The predicted molar refractivity (Wildman–Crippen MR) is 288 cm³/mol. The molecule has 12 heteroatoms. The summed E-state index contributed by atoms with van der Waals surface area (Å²) in [5.74, 6) is -1.48. The average molecular weight is 1010 g/mol. The van der Waals surface area contributed by atoms with Gasteiger partial charge >= 0.3 is 25.7 Å². The summed E-state index contributed by atoms with van der Waals surface area (Å²) >= 11 is 0. The fourth-order valence-corrected chi connectivity index (χ4v) is 8.43. The molecule has 3 unspecified atom stereocenters. The lowest BCUT2D eigenvalue weighted by Crippen LogP contribution is -2.30. The molecule has 0 saturated carbocycles.